The number of rotatable bonds is 0. The van der Waals surface area contributed by atoms with Gasteiger partial charge in [-0.3, -0.25) is 4.98 Å². The Morgan fingerprint density at radius 3 is 2.41 bits per heavy atom. The summed E-state index contributed by atoms with van der Waals surface area (Å²) < 4.78 is 12.1. The fourth-order valence-corrected chi connectivity index (χ4v) is 1.27. The molecule has 0 bridgehead atoms. The van der Waals surface area contributed by atoms with E-state index in [0.717, 1.165) is 25.1 Å². The van der Waals surface area contributed by atoms with Gasteiger partial charge in [-0.25, -0.2) is 4.39 Å². The third-order valence-electron chi connectivity index (χ3n) is 2.13. The molecule has 0 amide bonds. The van der Waals surface area contributed by atoms with Crippen molar-refractivity contribution in [3.63, 3.8) is 0 Å². The molecule has 4 heteroatoms. The Bertz CT molecular complexity index is 250. The van der Waals surface area contributed by atoms with Crippen LogP contribution < -0.4 is 5.32 Å². The predicted octanol–water partition coefficient (Wildman–Crippen LogP) is 2.83. The Labute approximate surface area is 103 Å². The Hall–Kier alpha value is -1.16. The Kier molecular flexibility index (Phi) is 9.34. The van der Waals surface area contributed by atoms with Crippen molar-refractivity contribution in [3.8, 4) is 5.75 Å². The van der Waals surface area contributed by atoms with Crippen LogP contribution in [0.3, 0.4) is 0 Å². The number of aromatic nitrogens is 1. The Morgan fingerprint density at radius 1 is 1.41 bits per heavy atom. The number of halogens is 1. The topological polar surface area (TPSA) is 45.2 Å². The summed E-state index contributed by atoms with van der Waals surface area (Å²) in [6.45, 7) is 7.44. The molecule has 0 aromatic carbocycles. The van der Waals surface area contributed by atoms with Gasteiger partial charge >= 0.3 is 0 Å². The van der Waals surface area contributed by atoms with Gasteiger partial charge in [-0.15, -0.1) is 0 Å². The zero-order chi connectivity index (χ0) is 13.1. The van der Waals surface area contributed by atoms with E-state index in [-0.39, 0.29) is 5.75 Å². The fraction of sp³-hybridized carbons (Fsp3) is 0.615. The van der Waals surface area contributed by atoms with Crippen LogP contribution in [0.25, 0.3) is 0 Å². The first-order valence-corrected chi connectivity index (χ1v) is 6.15. The second-order valence-electron chi connectivity index (χ2n) is 3.60. The molecule has 2 N–H and O–H groups in total. The van der Waals surface area contributed by atoms with Crippen molar-refractivity contribution >= 4 is 0 Å². The van der Waals surface area contributed by atoms with Crippen LogP contribution in [0.5, 0.6) is 5.75 Å². The highest BCUT2D eigenvalue weighted by atomic mass is 19.1. The molecule has 0 aliphatic carbocycles. The number of hydrogen-bond acceptors (Lipinski definition) is 3. The summed E-state index contributed by atoms with van der Waals surface area (Å²) in [6, 6.07) is 3.37. The number of aryl methyl sites for hydroxylation is 1. The lowest BCUT2D eigenvalue weighted by Crippen LogP contribution is -2.30. The second kappa shape index (κ2) is 10.0. The molecule has 1 saturated heterocycles. The molecule has 1 atom stereocenters. The van der Waals surface area contributed by atoms with Gasteiger partial charge in [-0.1, -0.05) is 13.8 Å². The molecule has 17 heavy (non-hydrogen) atoms. The minimum atomic E-state index is -0.575. The number of pyridine rings is 1. The maximum absolute atomic E-state index is 12.1. The van der Waals surface area contributed by atoms with Crippen molar-refractivity contribution in [1.82, 2.24) is 10.3 Å². The molecule has 98 valence electrons. The molecular formula is C13H23FN2O. The van der Waals surface area contributed by atoms with Crippen LogP contribution in [0.4, 0.5) is 4.39 Å². The molecule has 1 unspecified atom stereocenters. The molecule has 1 aliphatic heterocycles. The van der Waals surface area contributed by atoms with Gasteiger partial charge in [0.2, 0.25) is 0 Å². The Morgan fingerprint density at radius 2 is 2.12 bits per heavy atom. The summed E-state index contributed by atoms with van der Waals surface area (Å²) in [7, 11) is 0. The summed E-state index contributed by atoms with van der Waals surface area (Å²) in [5.41, 5.74) is 0.919. The first kappa shape index (κ1) is 15.8. The minimum Gasteiger partial charge on any atom is -0.506 e. The van der Waals surface area contributed by atoms with E-state index in [1.54, 1.807) is 12.1 Å². The highest BCUT2D eigenvalue weighted by Crippen LogP contribution is 2.04. The molecular weight excluding hydrogens is 219 g/mol. The number of hydrogen-bond donors (Lipinski definition) is 2. The highest BCUT2D eigenvalue weighted by molar-refractivity contribution is 5.16. The lowest BCUT2D eigenvalue weighted by molar-refractivity contribution is 0.266. The summed E-state index contributed by atoms with van der Waals surface area (Å²) in [5, 5.41) is 11.7. The zero-order valence-electron chi connectivity index (χ0n) is 10.9. The van der Waals surface area contributed by atoms with Gasteiger partial charge in [0, 0.05) is 12.2 Å². The lowest BCUT2D eigenvalue weighted by Gasteiger charge is -2.14. The first-order chi connectivity index (χ1) is 8.18. The van der Waals surface area contributed by atoms with Crippen LogP contribution in [-0.4, -0.2) is 29.4 Å². The van der Waals surface area contributed by atoms with Crippen LogP contribution in [-0.2, 0) is 0 Å². The number of nitrogens with one attached hydrogen (secondary N) is 1. The lowest BCUT2D eigenvalue weighted by atomic mass is 10.1. The van der Waals surface area contributed by atoms with Crippen LogP contribution in [0.15, 0.2) is 18.3 Å². The first-order valence-electron chi connectivity index (χ1n) is 6.15. The van der Waals surface area contributed by atoms with E-state index in [1.165, 1.54) is 6.20 Å². The molecule has 2 heterocycles. The van der Waals surface area contributed by atoms with Crippen molar-refractivity contribution in [2.45, 2.75) is 39.8 Å². The quantitative estimate of drug-likeness (QED) is 0.735. The minimum absolute atomic E-state index is 0.218. The van der Waals surface area contributed by atoms with E-state index >= 15 is 0 Å². The van der Waals surface area contributed by atoms with Gasteiger partial charge in [-0.05, 0) is 38.4 Å². The summed E-state index contributed by atoms with van der Waals surface area (Å²) in [5.74, 6) is 0.218. The maximum Gasteiger partial charge on any atom is 0.133 e. The average molecular weight is 242 g/mol. The zero-order valence-corrected chi connectivity index (χ0v) is 10.9. The number of aromatic hydroxyl groups is 1. The standard InChI is InChI=1S/C6H7NO.C5H10FN.C2H6/c1-5-2-3-6(8)4-7-5;6-5-2-1-3-7-4-5;1-2/h2-4,8H,1H3;5,7H,1-4H2;1-2H3. The Balaban J connectivity index is 0.000000265. The van der Waals surface area contributed by atoms with Crippen molar-refractivity contribution in [2.24, 2.45) is 0 Å². The fourth-order valence-electron chi connectivity index (χ4n) is 1.27. The number of piperidine rings is 1. The van der Waals surface area contributed by atoms with Crippen molar-refractivity contribution in [1.29, 1.82) is 0 Å². The smallest absolute Gasteiger partial charge is 0.133 e. The van der Waals surface area contributed by atoms with Gasteiger partial charge in [0.25, 0.3) is 0 Å². The molecule has 2 rings (SSSR count). The SMILES string of the molecule is CC.Cc1ccc(O)cn1.FC1CCCNC1. The van der Waals surface area contributed by atoms with Gasteiger partial charge in [0.15, 0.2) is 0 Å². The van der Waals surface area contributed by atoms with Gasteiger partial charge in [0.1, 0.15) is 11.9 Å². The molecule has 0 saturated carbocycles. The highest BCUT2D eigenvalue weighted by Gasteiger charge is 2.08. The molecule has 1 aromatic heterocycles. The summed E-state index contributed by atoms with van der Waals surface area (Å²) in [6.07, 6.45) is 2.61. The normalized spacial score (nSPS) is 18.2. The molecule has 0 spiro atoms. The molecule has 3 nitrogen and oxygen atoms in total. The monoisotopic (exact) mass is 242 g/mol. The third kappa shape index (κ3) is 8.63. The number of nitrogens with zero attached hydrogens (tertiary/aromatic N) is 1. The van der Waals surface area contributed by atoms with E-state index in [4.69, 9.17) is 5.11 Å². The number of alkyl halides is 1. The van der Waals surface area contributed by atoms with Crippen LogP contribution in [0.1, 0.15) is 32.4 Å². The molecule has 0 radical (unpaired) electrons. The van der Waals surface area contributed by atoms with Gasteiger partial charge in [0.05, 0.1) is 6.20 Å². The van der Waals surface area contributed by atoms with E-state index in [1.807, 2.05) is 20.8 Å². The van der Waals surface area contributed by atoms with E-state index in [0.29, 0.717) is 6.54 Å². The van der Waals surface area contributed by atoms with E-state index < -0.39 is 6.17 Å². The predicted molar refractivity (Wildman–Crippen MR) is 69.0 cm³/mol. The van der Waals surface area contributed by atoms with E-state index in [2.05, 4.69) is 10.3 Å². The van der Waals surface area contributed by atoms with E-state index in [9.17, 15) is 4.39 Å². The second-order valence-corrected chi connectivity index (χ2v) is 3.60. The summed E-state index contributed by atoms with van der Waals surface area (Å²) in [4.78, 5) is 3.83. The largest absolute Gasteiger partial charge is 0.506 e. The molecule has 1 aliphatic rings. The average Bonchev–Trinajstić information content (AvgIpc) is 2.37. The van der Waals surface area contributed by atoms with Gasteiger partial charge < -0.3 is 10.4 Å². The molecule has 1 aromatic rings. The van der Waals surface area contributed by atoms with Crippen molar-refractivity contribution in [3.05, 3.63) is 24.0 Å². The van der Waals surface area contributed by atoms with Crippen LogP contribution >= 0.6 is 0 Å². The summed E-state index contributed by atoms with van der Waals surface area (Å²) >= 11 is 0. The van der Waals surface area contributed by atoms with Crippen LogP contribution in [0.2, 0.25) is 0 Å². The third-order valence-corrected chi connectivity index (χ3v) is 2.13. The van der Waals surface area contributed by atoms with Crippen molar-refractivity contribution in [2.75, 3.05) is 13.1 Å². The van der Waals surface area contributed by atoms with Crippen LogP contribution in [0, 0.1) is 6.92 Å². The van der Waals surface area contributed by atoms with Gasteiger partial charge in [-0.2, -0.15) is 0 Å². The molecule has 1 fully saturated rings. The van der Waals surface area contributed by atoms with Crippen molar-refractivity contribution < 1.29 is 9.50 Å². The maximum atomic E-state index is 12.1.